The number of aromatic amines is 1. The molecule has 0 saturated carbocycles. The van der Waals surface area contributed by atoms with Crippen LogP contribution in [0.3, 0.4) is 0 Å². The smallest absolute Gasteiger partial charge is 0.416 e. The number of pyridine rings is 2. The van der Waals surface area contributed by atoms with Crippen molar-refractivity contribution in [3.63, 3.8) is 0 Å². The topological polar surface area (TPSA) is 71.1 Å². The fourth-order valence-electron chi connectivity index (χ4n) is 4.21. The Kier molecular flexibility index (Phi) is 6.99. The molecule has 0 bridgehead atoms. The van der Waals surface area contributed by atoms with E-state index in [4.69, 9.17) is 9.72 Å². The summed E-state index contributed by atoms with van der Waals surface area (Å²) < 4.78 is 44.6. The van der Waals surface area contributed by atoms with E-state index in [2.05, 4.69) is 16.9 Å². The summed E-state index contributed by atoms with van der Waals surface area (Å²) in [5, 5.41) is 1.02. The van der Waals surface area contributed by atoms with Gasteiger partial charge in [-0.15, -0.1) is 0 Å². The molecule has 37 heavy (non-hydrogen) atoms. The molecule has 4 aromatic rings. The molecule has 9 heteroatoms. The summed E-state index contributed by atoms with van der Waals surface area (Å²) in [7, 11) is 0. The van der Waals surface area contributed by atoms with Gasteiger partial charge < -0.3 is 9.72 Å². The Morgan fingerprint density at radius 3 is 2.38 bits per heavy atom. The predicted molar refractivity (Wildman–Crippen MR) is 136 cm³/mol. The van der Waals surface area contributed by atoms with Crippen molar-refractivity contribution >= 4 is 22.9 Å². The van der Waals surface area contributed by atoms with Gasteiger partial charge in [0.2, 0.25) is 0 Å². The normalized spacial score (nSPS) is 13.0. The molecule has 3 heterocycles. The molecule has 1 N–H and O–H groups in total. The summed E-state index contributed by atoms with van der Waals surface area (Å²) in [4.78, 5) is 26.7. The van der Waals surface area contributed by atoms with E-state index in [0.29, 0.717) is 11.4 Å². The molecule has 1 atom stereocenters. The summed E-state index contributed by atoms with van der Waals surface area (Å²) in [5.41, 5.74) is 2.59. The van der Waals surface area contributed by atoms with E-state index >= 15 is 0 Å². The number of hydrogen-bond donors (Lipinski definition) is 1. The maximum absolute atomic E-state index is 13.1. The van der Waals surface area contributed by atoms with Crippen LogP contribution in [0.4, 0.5) is 23.8 Å². The predicted octanol–water partition coefficient (Wildman–Crippen LogP) is 7.38. The lowest BCUT2D eigenvalue weighted by Gasteiger charge is -2.27. The highest BCUT2D eigenvalue weighted by atomic mass is 19.4. The van der Waals surface area contributed by atoms with Gasteiger partial charge >= 0.3 is 12.3 Å². The van der Waals surface area contributed by atoms with Crippen molar-refractivity contribution in [3.8, 4) is 0 Å². The average molecular weight is 511 g/mol. The minimum absolute atomic E-state index is 0.00249. The third-order valence-electron chi connectivity index (χ3n) is 6.04. The Bertz CT molecular complexity index is 1410. The van der Waals surface area contributed by atoms with Gasteiger partial charge in [-0.25, -0.2) is 14.8 Å². The molecule has 3 aromatic heterocycles. The Labute approximate surface area is 213 Å². The number of rotatable bonds is 5. The zero-order valence-electron chi connectivity index (χ0n) is 21.3. The Morgan fingerprint density at radius 2 is 1.76 bits per heavy atom. The first kappa shape index (κ1) is 26.2. The van der Waals surface area contributed by atoms with Crippen LogP contribution in [0.15, 0.2) is 60.9 Å². The molecule has 194 valence electrons. The second-order valence-electron chi connectivity index (χ2n) is 9.97. The molecular formula is C28H29F3N4O2. The number of aryl methyl sites for hydroxylation is 1. The number of carbonyl (C=O) groups excluding carboxylic acids is 1. The number of alkyl halides is 3. The van der Waals surface area contributed by atoms with Crippen LogP contribution in [0, 0.1) is 6.92 Å². The van der Waals surface area contributed by atoms with E-state index in [0.717, 1.165) is 40.0 Å². The average Bonchev–Trinajstić information content (AvgIpc) is 3.25. The van der Waals surface area contributed by atoms with E-state index in [1.807, 2.05) is 31.3 Å². The minimum atomic E-state index is -4.44. The van der Waals surface area contributed by atoms with E-state index in [1.54, 1.807) is 33.0 Å². The van der Waals surface area contributed by atoms with Gasteiger partial charge in [-0.3, -0.25) is 4.90 Å². The molecule has 6 nitrogen and oxygen atoms in total. The van der Waals surface area contributed by atoms with Crippen molar-refractivity contribution < 1.29 is 22.7 Å². The highest BCUT2D eigenvalue weighted by Crippen LogP contribution is 2.33. The maximum atomic E-state index is 13.1. The number of amides is 1. The van der Waals surface area contributed by atoms with Gasteiger partial charge in [-0.05, 0) is 74.7 Å². The number of ether oxygens (including phenoxy) is 1. The Balaban J connectivity index is 1.66. The second kappa shape index (κ2) is 9.88. The number of nitrogens with zero attached hydrogens (tertiary/aromatic N) is 3. The number of fused-ring (bicyclic) bond motifs is 1. The number of nitrogens with one attached hydrogen (secondary N) is 1. The maximum Gasteiger partial charge on any atom is 0.416 e. The first-order valence-electron chi connectivity index (χ1n) is 11.9. The van der Waals surface area contributed by atoms with Crippen LogP contribution in [0.25, 0.3) is 11.0 Å². The molecule has 1 amide bonds. The summed E-state index contributed by atoms with van der Waals surface area (Å²) in [6.45, 7) is 9.20. The molecule has 0 aliphatic heterocycles. The van der Waals surface area contributed by atoms with Crippen molar-refractivity contribution in [2.24, 2.45) is 0 Å². The van der Waals surface area contributed by atoms with E-state index in [1.165, 1.54) is 17.0 Å². The van der Waals surface area contributed by atoms with E-state index in [-0.39, 0.29) is 12.5 Å². The van der Waals surface area contributed by atoms with Gasteiger partial charge in [-0.2, -0.15) is 13.2 Å². The van der Waals surface area contributed by atoms with Gasteiger partial charge in [0.15, 0.2) is 0 Å². The van der Waals surface area contributed by atoms with Crippen molar-refractivity contribution in [2.45, 2.75) is 58.9 Å². The quantitative estimate of drug-likeness (QED) is 0.304. The fourth-order valence-corrected chi connectivity index (χ4v) is 4.21. The zero-order valence-corrected chi connectivity index (χ0v) is 21.3. The number of H-pyrrole nitrogens is 1. The van der Waals surface area contributed by atoms with Gasteiger partial charge in [0.05, 0.1) is 12.1 Å². The molecule has 0 spiro atoms. The van der Waals surface area contributed by atoms with Crippen LogP contribution < -0.4 is 4.90 Å². The van der Waals surface area contributed by atoms with Gasteiger partial charge in [0.25, 0.3) is 0 Å². The second-order valence-corrected chi connectivity index (χ2v) is 9.97. The summed E-state index contributed by atoms with van der Waals surface area (Å²) in [5.74, 6) is 0.354. The van der Waals surface area contributed by atoms with Crippen LogP contribution in [0.5, 0.6) is 0 Å². The van der Waals surface area contributed by atoms with E-state index < -0.39 is 23.4 Å². The zero-order chi connectivity index (χ0) is 27.0. The van der Waals surface area contributed by atoms with Gasteiger partial charge in [0.1, 0.15) is 17.1 Å². The van der Waals surface area contributed by atoms with Gasteiger partial charge in [0, 0.05) is 29.4 Å². The molecule has 0 aliphatic carbocycles. The highest BCUT2D eigenvalue weighted by Gasteiger charge is 2.30. The lowest BCUT2D eigenvalue weighted by atomic mass is 9.92. The summed E-state index contributed by atoms with van der Waals surface area (Å²) >= 11 is 0. The molecule has 1 aromatic carbocycles. The lowest BCUT2D eigenvalue weighted by molar-refractivity contribution is -0.137. The van der Waals surface area contributed by atoms with Crippen molar-refractivity contribution in [1.82, 2.24) is 15.0 Å². The largest absolute Gasteiger partial charge is 0.443 e. The van der Waals surface area contributed by atoms with Gasteiger partial charge in [-0.1, -0.05) is 25.1 Å². The number of halogens is 3. The molecular weight excluding hydrogens is 481 g/mol. The molecule has 0 radical (unpaired) electrons. The van der Waals surface area contributed by atoms with E-state index in [9.17, 15) is 18.0 Å². The summed E-state index contributed by atoms with van der Waals surface area (Å²) in [6, 6.07) is 12.3. The fraction of sp³-hybridized carbons (Fsp3) is 0.321. The monoisotopic (exact) mass is 510 g/mol. The van der Waals surface area contributed by atoms with Crippen LogP contribution in [0.2, 0.25) is 0 Å². The molecule has 0 fully saturated rings. The van der Waals surface area contributed by atoms with Crippen molar-refractivity contribution in [1.29, 1.82) is 0 Å². The summed E-state index contributed by atoms with van der Waals surface area (Å²) in [6.07, 6.45) is -1.40. The van der Waals surface area contributed by atoms with Crippen LogP contribution in [-0.4, -0.2) is 26.6 Å². The van der Waals surface area contributed by atoms with Crippen molar-refractivity contribution in [2.75, 3.05) is 4.90 Å². The number of anilines is 1. The Hall–Kier alpha value is -3.88. The molecule has 4 rings (SSSR count). The third-order valence-corrected chi connectivity index (χ3v) is 6.04. The van der Waals surface area contributed by atoms with Crippen LogP contribution >= 0.6 is 0 Å². The number of carbonyl (C=O) groups is 1. The molecule has 0 aliphatic rings. The van der Waals surface area contributed by atoms with Crippen LogP contribution in [0.1, 0.15) is 61.6 Å². The van der Waals surface area contributed by atoms with Crippen LogP contribution in [-0.2, 0) is 17.5 Å². The third kappa shape index (κ3) is 5.93. The highest BCUT2D eigenvalue weighted by molar-refractivity contribution is 5.87. The first-order valence-corrected chi connectivity index (χ1v) is 11.9. The molecule has 0 saturated heterocycles. The number of hydrogen-bond acceptors (Lipinski definition) is 4. The standard InChI is InChI=1S/C28H29F3N4O2/c1-17(23-15-33-25-22(23)7-6-14-32-25)21-12-13-24(34-18(21)2)35(26(36)37-27(3,4)5)16-19-8-10-20(11-9-19)28(29,30)31/h6-15,17H,16H2,1-5H3,(H,32,33). The minimum Gasteiger partial charge on any atom is -0.443 e. The SMILES string of the molecule is Cc1nc(N(Cc2ccc(C(F)(F)F)cc2)C(=O)OC(C)(C)C)ccc1C(C)c1c[nH]c2ncccc12. The first-order chi connectivity index (χ1) is 17.3. The van der Waals surface area contributed by atoms with Crippen molar-refractivity contribution in [3.05, 3.63) is 88.9 Å². The molecule has 1 unspecified atom stereocenters. The number of aromatic nitrogens is 3. The lowest BCUT2D eigenvalue weighted by Crippen LogP contribution is -2.37. The number of benzene rings is 1. The Morgan fingerprint density at radius 1 is 1.05 bits per heavy atom.